The average molecular weight is 400 g/mol. The van der Waals surface area contributed by atoms with E-state index in [2.05, 4.69) is 20.3 Å². The van der Waals surface area contributed by atoms with Crippen LogP contribution in [0.25, 0.3) is 0 Å². The molecule has 2 aromatic rings. The molecule has 2 heterocycles. The Morgan fingerprint density at radius 1 is 1.28 bits per heavy atom. The summed E-state index contributed by atoms with van der Waals surface area (Å²) in [5.41, 5.74) is 2.62. The zero-order valence-electron chi connectivity index (χ0n) is 17.2. The molecule has 8 heteroatoms. The monoisotopic (exact) mass is 400 g/mol. The molecular weight excluding hydrogens is 372 g/mol. The van der Waals surface area contributed by atoms with E-state index in [0.29, 0.717) is 37.6 Å². The summed E-state index contributed by atoms with van der Waals surface area (Å²) in [7, 11) is 1.65. The number of piperidine rings is 1. The van der Waals surface area contributed by atoms with Crippen LogP contribution in [-0.4, -0.2) is 47.2 Å². The summed E-state index contributed by atoms with van der Waals surface area (Å²) >= 11 is 0. The van der Waals surface area contributed by atoms with E-state index < -0.39 is 5.41 Å². The third-order valence-electron chi connectivity index (χ3n) is 5.52. The number of hydrogen-bond donors (Lipinski definition) is 1. The highest BCUT2D eigenvalue weighted by Crippen LogP contribution is 2.30. The van der Waals surface area contributed by atoms with Gasteiger partial charge >= 0.3 is 0 Å². The highest BCUT2D eigenvalue weighted by Gasteiger charge is 2.39. The number of ether oxygens (including phenoxy) is 1. The lowest BCUT2D eigenvalue weighted by atomic mass is 9.80. The fraction of sp³-hybridized carbons (Fsp3) is 0.524. The van der Waals surface area contributed by atoms with Crippen LogP contribution in [0.1, 0.15) is 42.3 Å². The Labute approximate surface area is 170 Å². The molecule has 1 fully saturated rings. The maximum atomic E-state index is 13.0. The summed E-state index contributed by atoms with van der Waals surface area (Å²) < 4.78 is 9.90. The first kappa shape index (κ1) is 21.0. The molecule has 1 aliphatic heterocycles. The number of methoxy groups -OCH3 is 1. The zero-order chi connectivity index (χ0) is 20.9. The fourth-order valence-corrected chi connectivity index (χ4v) is 3.72. The number of nitrogens with zero attached hydrogens (tertiary/aromatic N) is 3. The van der Waals surface area contributed by atoms with Crippen LogP contribution in [0.5, 0.6) is 0 Å². The highest BCUT2D eigenvalue weighted by atomic mass is 16.6. The molecule has 3 rings (SSSR count). The van der Waals surface area contributed by atoms with Gasteiger partial charge in [-0.3, -0.25) is 9.59 Å². The third-order valence-corrected chi connectivity index (χ3v) is 5.52. The van der Waals surface area contributed by atoms with Crippen molar-refractivity contribution in [2.45, 2.75) is 46.3 Å². The molecule has 1 aromatic carbocycles. The zero-order valence-corrected chi connectivity index (χ0v) is 17.2. The van der Waals surface area contributed by atoms with Crippen LogP contribution in [0.3, 0.4) is 0 Å². The molecule has 8 nitrogen and oxygen atoms in total. The first-order valence-corrected chi connectivity index (χ1v) is 9.83. The van der Waals surface area contributed by atoms with Crippen LogP contribution in [0, 0.1) is 12.3 Å². The molecule has 156 valence electrons. The summed E-state index contributed by atoms with van der Waals surface area (Å²) in [6.07, 6.45) is 1.66. The van der Waals surface area contributed by atoms with E-state index in [9.17, 15) is 9.59 Å². The average Bonchev–Trinajstić information content (AvgIpc) is 3.11. The van der Waals surface area contributed by atoms with Gasteiger partial charge in [0.05, 0.1) is 18.4 Å². The molecule has 0 spiro atoms. The normalized spacial score (nSPS) is 19.2. The van der Waals surface area contributed by atoms with Gasteiger partial charge < -0.3 is 15.0 Å². The number of amides is 2. The molecule has 29 heavy (non-hydrogen) atoms. The summed E-state index contributed by atoms with van der Waals surface area (Å²) in [6.45, 7) is 5.65. The third kappa shape index (κ3) is 5.00. The van der Waals surface area contributed by atoms with Crippen LogP contribution < -0.4 is 5.32 Å². The van der Waals surface area contributed by atoms with Crippen LogP contribution in [-0.2, 0) is 33.9 Å². The Hall–Kier alpha value is -2.74. The minimum absolute atomic E-state index is 0.0403. The van der Waals surface area contributed by atoms with E-state index in [0.717, 1.165) is 24.0 Å². The van der Waals surface area contributed by atoms with E-state index in [-0.39, 0.29) is 18.2 Å². The van der Waals surface area contributed by atoms with Crippen LogP contribution in [0.4, 0.5) is 0 Å². The van der Waals surface area contributed by atoms with Gasteiger partial charge in [0.25, 0.3) is 0 Å². The lowest BCUT2D eigenvalue weighted by molar-refractivity contribution is -0.140. The summed E-state index contributed by atoms with van der Waals surface area (Å²) in [5.74, 6) is -0.102. The number of aromatic nitrogens is 2. The lowest BCUT2D eigenvalue weighted by Gasteiger charge is -2.39. The maximum Gasteiger partial charge on any atom is 0.228 e. The maximum absolute atomic E-state index is 13.0. The molecule has 1 unspecified atom stereocenters. The van der Waals surface area contributed by atoms with Gasteiger partial charge in [0, 0.05) is 26.7 Å². The molecule has 1 aromatic heterocycles. The standard InChI is InChI=1S/C21H28N4O4/c1-15-18(24-29-23-15)11-19(26)25-10-6-9-21(2,14-25)20(27)22-12-16-7-4-5-8-17(16)13-28-3/h4-5,7-8H,6,9-14H2,1-3H3,(H,22,27). The second-order valence-corrected chi connectivity index (χ2v) is 7.84. The molecule has 2 amide bonds. The number of benzene rings is 1. The van der Waals surface area contributed by atoms with Gasteiger partial charge in [-0.1, -0.05) is 34.6 Å². The van der Waals surface area contributed by atoms with Gasteiger partial charge in [0.2, 0.25) is 11.8 Å². The number of aryl methyl sites for hydroxylation is 1. The Balaban J connectivity index is 1.61. The van der Waals surface area contributed by atoms with Crippen molar-refractivity contribution in [3.63, 3.8) is 0 Å². The largest absolute Gasteiger partial charge is 0.380 e. The Bertz CT molecular complexity index is 866. The molecule has 1 aliphatic rings. The molecular formula is C21H28N4O4. The summed E-state index contributed by atoms with van der Waals surface area (Å²) in [6, 6.07) is 7.89. The van der Waals surface area contributed by atoms with Gasteiger partial charge in [0.1, 0.15) is 11.4 Å². The number of hydrogen-bond acceptors (Lipinski definition) is 6. The van der Waals surface area contributed by atoms with E-state index in [4.69, 9.17) is 4.74 Å². The number of rotatable bonds is 7. The van der Waals surface area contributed by atoms with Crippen molar-refractivity contribution in [1.82, 2.24) is 20.5 Å². The van der Waals surface area contributed by atoms with E-state index in [1.54, 1.807) is 18.9 Å². The minimum atomic E-state index is -0.624. The minimum Gasteiger partial charge on any atom is -0.380 e. The van der Waals surface area contributed by atoms with Crippen molar-refractivity contribution in [2.75, 3.05) is 20.2 Å². The van der Waals surface area contributed by atoms with Gasteiger partial charge in [-0.05, 0) is 37.8 Å². The van der Waals surface area contributed by atoms with Crippen molar-refractivity contribution in [1.29, 1.82) is 0 Å². The van der Waals surface area contributed by atoms with Crippen molar-refractivity contribution < 1.29 is 19.0 Å². The van der Waals surface area contributed by atoms with Crippen LogP contribution in [0.15, 0.2) is 28.9 Å². The molecule has 1 atom stereocenters. The molecule has 0 radical (unpaired) electrons. The Morgan fingerprint density at radius 3 is 2.72 bits per heavy atom. The topological polar surface area (TPSA) is 97.6 Å². The van der Waals surface area contributed by atoms with E-state index in [1.165, 1.54) is 0 Å². The second kappa shape index (κ2) is 9.17. The van der Waals surface area contributed by atoms with Gasteiger partial charge in [-0.25, -0.2) is 4.63 Å². The summed E-state index contributed by atoms with van der Waals surface area (Å²) in [5, 5.41) is 10.6. The van der Waals surface area contributed by atoms with Crippen LogP contribution in [0.2, 0.25) is 0 Å². The number of carbonyl (C=O) groups excluding carboxylic acids is 2. The van der Waals surface area contributed by atoms with Gasteiger partial charge in [0.15, 0.2) is 0 Å². The number of carbonyl (C=O) groups is 2. The molecule has 0 aliphatic carbocycles. The van der Waals surface area contributed by atoms with E-state index in [1.807, 2.05) is 31.2 Å². The second-order valence-electron chi connectivity index (χ2n) is 7.84. The molecule has 1 saturated heterocycles. The number of nitrogens with one attached hydrogen (secondary N) is 1. The van der Waals surface area contributed by atoms with Gasteiger partial charge in [-0.15, -0.1) is 0 Å². The van der Waals surface area contributed by atoms with Gasteiger partial charge in [-0.2, -0.15) is 0 Å². The number of likely N-dealkylation sites (tertiary alicyclic amines) is 1. The summed E-state index contributed by atoms with van der Waals surface area (Å²) in [4.78, 5) is 27.4. The van der Waals surface area contributed by atoms with Crippen molar-refractivity contribution in [2.24, 2.45) is 5.41 Å². The SMILES string of the molecule is COCc1ccccc1CNC(=O)C1(C)CCCN(C(=O)Cc2nonc2C)C1. The fourth-order valence-electron chi connectivity index (χ4n) is 3.72. The predicted octanol–water partition coefficient (Wildman–Crippen LogP) is 2.01. The molecule has 0 bridgehead atoms. The first-order chi connectivity index (χ1) is 13.9. The highest BCUT2D eigenvalue weighted by molar-refractivity contribution is 5.84. The molecule has 1 N–H and O–H groups in total. The van der Waals surface area contributed by atoms with Crippen molar-refractivity contribution >= 4 is 11.8 Å². The Kier molecular flexibility index (Phi) is 6.64. The quantitative estimate of drug-likeness (QED) is 0.764. The van der Waals surface area contributed by atoms with Crippen molar-refractivity contribution in [3.05, 3.63) is 46.8 Å². The smallest absolute Gasteiger partial charge is 0.228 e. The van der Waals surface area contributed by atoms with Crippen molar-refractivity contribution in [3.8, 4) is 0 Å². The van der Waals surface area contributed by atoms with Crippen LogP contribution >= 0.6 is 0 Å². The molecule has 0 saturated carbocycles. The van der Waals surface area contributed by atoms with E-state index >= 15 is 0 Å². The first-order valence-electron chi connectivity index (χ1n) is 9.83. The predicted molar refractivity (Wildman–Crippen MR) is 106 cm³/mol. The Morgan fingerprint density at radius 2 is 2.03 bits per heavy atom. The lowest BCUT2D eigenvalue weighted by Crippen LogP contribution is -2.52.